The standard InChI is InChI=1S/C19H25N3O2S/c1-14-9-18(21-24-14)19(23)20-11-16-6-4-8-22(13-16)12-15-5-3-7-17(10-15)25-2/h3,5,7,9-10,16H,4,6,8,11-13H2,1-2H3,(H,20,23)/t16-/m1/s1. The first kappa shape index (κ1) is 18.0. The molecule has 2 heterocycles. The van der Waals surface area contributed by atoms with Crippen LogP contribution in [0.3, 0.4) is 0 Å². The molecule has 0 aliphatic carbocycles. The molecule has 6 heteroatoms. The Morgan fingerprint density at radius 3 is 3.08 bits per heavy atom. The molecule has 134 valence electrons. The third-order valence-corrected chi connectivity index (χ3v) is 5.28. The number of nitrogens with zero attached hydrogens (tertiary/aromatic N) is 2. The largest absolute Gasteiger partial charge is 0.361 e. The molecular weight excluding hydrogens is 334 g/mol. The lowest BCUT2D eigenvalue weighted by Crippen LogP contribution is -2.40. The van der Waals surface area contributed by atoms with E-state index in [2.05, 4.69) is 45.9 Å². The maximum atomic E-state index is 12.1. The summed E-state index contributed by atoms with van der Waals surface area (Å²) in [6.07, 6.45) is 4.43. The molecule has 1 amide bonds. The highest BCUT2D eigenvalue weighted by Gasteiger charge is 2.21. The number of hydrogen-bond acceptors (Lipinski definition) is 5. The summed E-state index contributed by atoms with van der Waals surface area (Å²) in [6, 6.07) is 10.4. The topological polar surface area (TPSA) is 58.4 Å². The molecule has 1 aliphatic rings. The molecule has 0 bridgehead atoms. The number of piperidine rings is 1. The minimum absolute atomic E-state index is 0.151. The van der Waals surface area contributed by atoms with Crippen molar-refractivity contribution in [3.63, 3.8) is 0 Å². The second-order valence-electron chi connectivity index (χ2n) is 6.63. The van der Waals surface area contributed by atoms with Gasteiger partial charge in [-0.25, -0.2) is 0 Å². The number of carbonyl (C=O) groups is 1. The number of hydrogen-bond donors (Lipinski definition) is 1. The summed E-state index contributed by atoms with van der Waals surface area (Å²) < 4.78 is 4.96. The second kappa shape index (κ2) is 8.54. The molecule has 1 fully saturated rings. The van der Waals surface area contributed by atoms with Crippen molar-refractivity contribution in [3.8, 4) is 0 Å². The number of carbonyl (C=O) groups excluding carboxylic acids is 1. The predicted octanol–water partition coefficient (Wildman–Crippen LogP) is 3.35. The quantitative estimate of drug-likeness (QED) is 0.802. The Labute approximate surface area is 153 Å². The molecular formula is C19H25N3O2S. The third kappa shape index (κ3) is 5.09. The Bertz CT molecular complexity index is 716. The Morgan fingerprint density at radius 2 is 2.32 bits per heavy atom. The first-order valence-corrected chi connectivity index (χ1v) is 9.93. The van der Waals surface area contributed by atoms with Gasteiger partial charge < -0.3 is 9.84 Å². The smallest absolute Gasteiger partial charge is 0.273 e. The molecule has 1 aliphatic heterocycles. The van der Waals surface area contributed by atoms with Gasteiger partial charge in [0.1, 0.15) is 5.76 Å². The molecule has 1 saturated heterocycles. The SMILES string of the molecule is CSc1cccc(CN2CCC[C@H](CNC(=O)c3cc(C)on3)C2)c1. The summed E-state index contributed by atoms with van der Waals surface area (Å²) in [6.45, 7) is 5.58. The van der Waals surface area contributed by atoms with E-state index in [-0.39, 0.29) is 5.91 Å². The van der Waals surface area contributed by atoms with E-state index < -0.39 is 0 Å². The molecule has 0 spiro atoms. The van der Waals surface area contributed by atoms with Crippen molar-refractivity contribution >= 4 is 17.7 Å². The first-order chi connectivity index (χ1) is 12.1. The van der Waals surface area contributed by atoms with Gasteiger partial charge in [-0.15, -0.1) is 11.8 Å². The molecule has 1 aromatic heterocycles. The van der Waals surface area contributed by atoms with E-state index in [1.165, 1.54) is 16.9 Å². The highest BCUT2D eigenvalue weighted by atomic mass is 32.2. The number of benzene rings is 1. The summed E-state index contributed by atoms with van der Waals surface area (Å²) >= 11 is 1.78. The maximum absolute atomic E-state index is 12.1. The molecule has 2 aromatic rings. The van der Waals surface area contributed by atoms with Crippen molar-refractivity contribution in [2.75, 3.05) is 25.9 Å². The van der Waals surface area contributed by atoms with Crippen LogP contribution in [-0.4, -0.2) is 41.9 Å². The second-order valence-corrected chi connectivity index (χ2v) is 7.51. The van der Waals surface area contributed by atoms with Gasteiger partial charge in [0.15, 0.2) is 5.69 Å². The Kier molecular flexibility index (Phi) is 6.15. The Balaban J connectivity index is 1.50. The zero-order valence-corrected chi connectivity index (χ0v) is 15.6. The number of likely N-dealkylation sites (tertiary alicyclic amines) is 1. The summed E-state index contributed by atoms with van der Waals surface area (Å²) in [4.78, 5) is 15.9. The van der Waals surface area contributed by atoms with Crippen LogP contribution < -0.4 is 5.32 Å². The molecule has 0 unspecified atom stereocenters. The van der Waals surface area contributed by atoms with Crippen LogP contribution in [0.15, 0.2) is 39.8 Å². The van der Waals surface area contributed by atoms with Gasteiger partial charge in [0, 0.05) is 30.6 Å². The summed E-state index contributed by atoms with van der Waals surface area (Å²) in [5, 5.41) is 6.76. The van der Waals surface area contributed by atoms with Gasteiger partial charge in [0.2, 0.25) is 0 Å². The van der Waals surface area contributed by atoms with Crippen LogP contribution in [0.1, 0.15) is 34.7 Å². The van der Waals surface area contributed by atoms with Crippen molar-refractivity contribution in [1.82, 2.24) is 15.4 Å². The first-order valence-electron chi connectivity index (χ1n) is 8.71. The van der Waals surface area contributed by atoms with E-state index in [1.807, 2.05) is 0 Å². The van der Waals surface area contributed by atoms with Crippen LogP contribution in [-0.2, 0) is 6.54 Å². The van der Waals surface area contributed by atoms with Crippen LogP contribution in [0.4, 0.5) is 0 Å². The van der Waals surface area contributed by atoms with E-state index in [4.69, 9.17) is 4.52 Å². The minimum atomic E-state index is -0.151. The molecule has 3 rings (SSSR count). The fourth-order valence-electron chi connectivity index (χ4n) is 3.29. The molecule has 25 heavy (non-hydrogen) atoms. The predicted molar refractivity (Wildman–Crippen MR) is 99.8 cm³/mol. The monoisotopic (exact) mass is 359 g/mol. The Morgan fingerprint density at radius 1 is 1.44 bits per heavy atom. The van der Waals surface area contributed by atoms with Crippen LogP contribution in [0.2, 0.25) is 0 Å². The van der Waals surface area contributed by atoms with Gasteiger partial charge in [-0.1, -0.05) is 17.3 Å². The molecule has 1 N–H and O–H groups in total. The van der Waals surface area contributed by atoms with E-state index in [9.17, 15) is 4.79 Å². The number of aromatic nitrogens is 1. The van der Waals surface area contributed by atoms with Gasteiger partial charge in [0.05, 0.1) is 0 Å². The van der Waals surface area contributed by atoms with E-state index in [0.29, 0.717) is 23.9 Å². The molecule has 5 nitrogen and oxygen atoms in total. The zero-order valence-electron chi connectivity index (χ0n) is 14.8. The number of thioether (sulfide) groups is 1. The van der Waals surface area contributed by atoms with Crippen molar-refractivity contribution in [3.05, 3.63) is 47.3 Å². The molecule has 1 aromatic carbocycles. The highest BCUT2D eigenvalue weighted by molar-refractivity contribution is 7.98. The number of amides is 1. The Hall–Kier alpha value is -1.79. The van der Waals surface area contributed by atoms with Gasteiger partial charge in [-0.05, 0) is 56.2 Å². The minimum Gasteiger partial charge on any atom is -0.361 e. The lowest BCUT2D eigenvalue weighted by atomic mass is 9.97. The summed E-state index contributed by atoms with van der Waals surface area (Å²) in [5.74, 6) is 0.984. The lowest BCUT2D eigenvalue weighted by molar-refractivity contribution is 0.0921. The maximum Gasteiger partial charge on any atom is 0.273 e. The van der Waals surface area contributed by atoms with Crippen molar-refractivity contribution < 1.29 is 9.32 Å². The fraction of sp³-hybridized carbons (Fsp3) is 0.474. The van der Waals surface area contributed by atoms with Crippen molar-refractivity contribution in [2.24, 2.45) is 5.92 Å². The van der Waals surface area contributed by atoms with Crippen molar-refractivity contribution in [2.45, 2.75) is 31.2 Å². The summed E-state index contributed by atoms with van der Waals surface area (Å²) in [5.41, 5.74) is 1.72. The molecule has 0 radical (unpaired) electrons. The van der Waals surface area contributed by atoms with Crippen LogP contribution >= 0.6 is 11.8 Å². The van der Waals surface area contributed by atoms with Crippen LogP contribution in [0, 0.1) is 12.8 Å². The van der Waals surface area contributed by atoms with E-state index in [0.717, 1.165) is 26.1 Å². The number of nitrogens with one attached hydrogen (secondary N) is 1. The molecule has 1 atom stereocenters. The average Bonchev–Trinajstić information content (AvgIpc) is 3.07. The van der Waals surface area contributed by atoms with Gasteiger partial charge >= 0.3 is 0 Å². The summed E-state index contributed by atoms with van der Waals surface area (Å²) in [7, 11) is 0. The number of rotatable bonds is 6. The zero-order chi connectivity index (χ0) is 17.6. The third-order valence-electron chi connectivity index (χ3n) is 4.56. The van der Waals surface area contributed by atoms with Gasteiger partial charge in [0.25, 0.3) is 5.91 Å². The van der Waals surface area contributed by atoms with E-state index in [1.54, 1.807) is 24.8 Å². The van der Waals surface area contributed by atoms with Gasteiger partial charge in [-0.2, -0.15) is 0 Å². The van der Waals surface area contributed by atoms with E-state index >= 15 is 0 Å². The van der Waals surface area contributed by atoms with Gasteiger partial charge in [-0.3, -0.25) is 9.69 Å². The normalized spacial score (nSPS) is 18.2. The van der Waals surface area contributed by atoms with Crippen LogP contribution in [0.25, 0.3) is 0 Å². The lowest BCUT2D eigenvalue weighted by Gasteiger charge is -2.32. The number of aryl methyl sites for hydroxylation is 1. The highest BCUT2D eigenvalue weighted by Crippen LogP contribution is 2.21. The van der Waals surface area contributed by atoms with Crippen LogP contribution in [0.5, 0.6) is 0 Å². The fourth-order valence-corrected chi connectivity index (χ4v) is 3.78. The molecule has 0 saturated carbocycles. The average molecular weight is 359 g/mol. The van der Waals surface area contributed by atoms with Crippen molar-refractivity contribution in [1.29, 1.82) is 0 Å².